The molecule has 2 rings (SSSR count). The van der Waals surface area contributed by atoms with Crippen LogP contribution in [-0.2, 0) is 21.3 Å². The molecule has 1 aromatic rings. The normalized spacial score (nSPS) is 25.2. The Morgan fingerprint density at radius 3 is 2.94 bits per heavy atom. The molecule has 1 aliphatic rings. The van der Waals surface area contributed by atoms with Crippen LogP contribution in [0, 0.1) is 0 Å². The summed E-state index contributed by atoms with van der Waals surface area (Å²) in [6, 6.07) is 1.63. The second-order valence-corrected chi connectivity index (χ2v) is 7.45. The number of rotatable bonds is 4. The van der Waals surface area contributed by atoms with E-state index in [4.69, 9.17) is 10.5 Å². The first-order valence-electron chi connectivity index (χ1n) is 5.84. The lowest BCUT2D eigenvalue weighted by atomic mass is 9.97. The third-order valence-electron chi connectivity index (χ3n) is 2.96. The summed E-state index contributed by atoms with van der Waals surface area (Å²) in [5.41, 5.74) is 4.98. The van der Waals surface area contributed by atoms with Gasteiger partial charge in [0.05, 0.1) is 17.0 Å². The van der Waals surface area contributed by atoms with Gasteiger partial charge in [0, 0.05) is 23.4 Å². The predicted molar refractivity (Wildman–Crippen MR) is 71.0 cm³/mol. The van der Waals surface area contributed by atoms with E-state index < -0.39 is 15.6 Å². The standard InChI is InChI=1S/C11H18N2O3S2/c1-11(3-2-4-16-8-11)13-18(14,15)10-5-9(6-12)17-7-10/h5,7,13H,2-4,6,8,12H2,1H3. The zero-order chi connectivity index (χ0) is 13.2. The van der Waals surface area contributed by atoms with Crippen LogP contribution in [0.2, 0.25) is 0 Å². The van der Waals surface area contributed by atoms with Crippen LogP contribution >= 0.6 is 11.3 Å². The molecule has 0 radical (unpaired) electrons. The molecule has 1 aromatic heterocycles. The SMILES string of the molecule is CC1(NS(=O)(=O)c2csc(CN)c2)CCCOC1. The molecule has 1 unspecified atom stereocenters. The molecule has 0 spiro atoms. The van der Waals surface area contributed by atoms with Gasteiger partial charge >= 0.3 is 0 Å². The second-order valence-electron chi connectivity index (χ2n) is 4.78. The molecule has 3 N–H and O–H groups in total. The lowest BCUT2D eigenvalue weighted by Gasteiger charge is -2.33. The van der Waals surface area contributed by atoms with Crippen molar-refractivity contribution in [2.24, 2.45) is 5.73 Å². The average Bonchev–Trinajstić information content (AvgIpc) is 2.77. The van der Waals surface area contributed by atoms with Gasteiger partial charge in [0.1, 0.15) is 0 Å². The molecule has 18 heavy (non-hydrogen) atoms. The molecule has 2 heterocycles. The van der Waals surface area contributed by atoms with Crippen molar-refractivity contribution in [3.8, 4) is 0 Å². The summed E-state index contributed by atoms with van der Waals surface area (Å²) in [7, 11) is -3.48. The molecule has 1 saturated heterocycles. The Balaban J connectivity index is 2.16. The molecule has 1 aliphatic heterocycles. The summed E-state index contributed by atoms with van der Waals surface area (Å²) in [5.74, 6) is 0. The Hall–Kier alpha value is -0.470. The summed E-state index contributed by atoms with van der Waals surface area (Å²) in [6.07, 6.45) is 1.66. The van der Waals surface area contributed by atoms with Crippen LogP contribution in [0.4, 0.5) is 0 Å². The van der Waals surface area contributed by atoms with Crippen molar-refractivity contribution in [2.75, 3.05) is 13.2 Å². The van der Waals surface area contributed by atoms with Gasteiger partial charge in [-0.05, 0) is 25.8 Å². The van der Waals surface area contributed by atoms with E-state index in [0.717, 1.165) is 17.7 Å². The van der Waals surface area contributed by atoms with Gasteiger partial charge < -0.3 is 10.5 Å². The van der Waals surface area contributed by atoms with E-state index >= 15 is 0 Å². The topological polar surface area (TPSA) is 81.4 Å². The van der Waals surface area contributed by atoms with Crippen molar-refractivity contribution < 1.29 is 13.2 Å². The minimum Gasteiger partial charge on any atom is -0.380 e. The Labute approximate surface area is 111 Å². The van der Waals surface area contributed by atoms with E-state index in [0.29, 0.717) is 24.7 Å². The van der Waals surface area contributed by atoms with Crippen LogP contribution in [0.15, 0.2) is 16.3 Å². The van der Waals surface area contributed by atoms with Crippen molar-refractivity contribution in [2.45, 2.75) is 36.7 Å². The van der Waals surface area contributed by atoms with Crippen LogP contribution in [0.1, 0.15) is 24.6 Å². The van der Waals surface area contributed by atoms with E-state index in [2.05, 4.69) is 4.72 Å². The third kappa shape index (κ3) is 3.10. The first kappa shape index (κ1) is 14.0. The van der Waals surface area contributed by atoms with Crippen molar-refractivity contribution in [3.05, 3.63) is 16.3 Å². The van der Waals surface area contributed by atoms with Crippen LogP contribution in [0.25, 0.3) is 0 Å². The zero-order valence-electron chi connectivity index (χ0n) is 10.3. The molecule has 1 atom stereocenters. The van der Waals surface area contributed by atoms with Crippen molar-refractivity contribution in [1.82, 2.24) is 4.72 Å². The van der Waals surface area contributed by atoms with E-state index in [1.807, 2.05) is 6.92 Å². The number of thiophene rings is 1. The highest BCUT2D eigenvalue weighted by Gasteiger charge is 2.33. The smallest absolute Gasteiger partial charge is 0.241 e. The molecular formula is C11H18N2O3S2. The maximum Gasteiger partial charge on any atom is 0.241 e. The molecule has 1 fully saturated rings. The summed E-state index contributed by atoms with van der Waals surface area (Å²) < 4.78 is 32.6. The van der Waals surface area contributed by atoms with Gasteiger partial charge in [-0.15, -0.1) is 11.3 Å². The zero-order valence-corrected chi connectivity index (χ0v) is 11.9. The minimum absolute atomic E-state index is 0.291. The van der Waals surface area contributed by atoms with Gasteiger partial charge in [-0.25, -0.2) is 13.1 Å². The molecule has 5 nitrogen and oxygen atoms in total. The van der Waals surface area contributed by atoms with Gasteiger partial charge in [0.15, 0.2) is 0 Å². The highest BCUT2D eigenvalue weighted by molar-refractivity contribution is 7.89. The molecule has 0 saturated carbocycles. The van der Waals surface area contributed by atoms with Crippen molar-refractivity contribution >= 4 is 21.4 Å². The molecule has 0 bridgehead atoms. The number of ether oxygens (including phenoxy) is 1. The average molecular weight is 290 g/mol. The number of hydrogen-bond donors (Lipinski definition) is 2. The number of hydrogen-bond acceptors (Lipinski definition) is 5. The predicted octanol–water partition coefficient (Wildman–Crippen LogP) is 1.05. The third-order valence-corrected chi connectivity index (χ3v) is 5.69. The second kappa shape index (κ2) is 5.26. The molecule has 0 aliphatic carbocycles. The highest BCUT2D eigenvalue weighted by Crippen LogP contribution is 2.24. The lowest BCUT2D eigenvalue weighted by Crippen LogP contribution is -2.51. The molecule has 0 aromatic carbocycles. The van der Waals surface area contributed by atoms with Crippen molar-refractivity contribution in [1.29, 1.82) is 0 Å². The maximum absolute atomic E-state index is 12.2. The van der Waals surface area contributed by atoms with Crippen LogP contribution < -0.4 is 10.5 Å². The number of sulfonamides is 1. The Morgan fingerprint density at radius 2 is 2.39 bits per heavy atom. The molecular weight excluding hydrogens is 272 g/mol. The fourth-order valence-corrected chi connectivity index (χ4v) is 4.58. The Morgan fingerprint density at radius 1 is 1.61 bits per heavy atom. The molecule has 7 heteroatoms. The molecule has 0 amide bonds. The van der Waals surface area contributed by atoms with Gasteiger partial charge in [0.2, 0.25) is 10.0 Å². The Bertz CT molecular complexity index is 504. The van der Waals surface area contributed by atoms with E-state index in [1.165, 1.54) is 11.3 Å². The number of nitrogens with one attached hydrogen (secondary N) is 1. The summed E-state index contributed by atoms with van der Waals surface area (Å²) in [6.45, 7) is 3.35. The first-order valence-corrected chi connectivity index (χ1v) is 8.21. The monoisotopic (exact) mass is 290 g/mol. The first-order chi connectivity index (χ1) is 8.45. The molecule has 102 valence electrons. The summed E-state index contributed by atoms with van der Waals surface area (Å²) in [4.78, 5) is 1.15. The van der Waals surface area contributed by atoms with Crippen LogP contribution in [-0.4, -0.2) is 27.2 Å². The largest absolute Gasteiger partial charge is 0.380 e. The van der Waals surface area contributed by atoms with E-state index in [1.54, 1.807) is 11.4 Å². The van der Waals surface area contributed by atoms with Gasteiger partial charge in [-0.2, -0.15) is 0 Å². The maximum atomic E-state index is 12.2. The van der Waals surface area contributed by atoms with Gasteiger partial charge in [-0.3, -0.25) is 0 Å². The fraction of sp³-hybridized carbons (Fsp3) is 0.636. The van der Waals surface area contributed by atoms with E-state index in [-0.39, 0.29) is 0 Å². The van der Waals surface area contributed by atoms with Gasteiger partial charge in [0.25, 0.3) is 0 Å². The lowest BCUT2D eigenvalue weighted by molar-refractivity contribution is 0.0386. The summed E-state index contributed by atoms with van der Waals surface area (Å²) >= 11 is 1.36. The van der Waals surface area contributed by atoms with E-state index in [9.17, 15) is 8.42 Å². The number of nitrogens with two attached hydrogens (primary N) is 1. The summed E-state index contributed by atoms with van der Waals surface area (Å²) in [5, 5.41) is 1.62. The highest BCUT2D eigenvalue weighted by atomic mass is 32.2. The van der Waals surface area contributed by atoms with Crippen molar-refractivity contribution in [3.63, 3.8) is 0 Å². The quantitative estimate of drug-likeness (QED) is 0.868. The van der Waals surface area contributed by atoms with Gasteiger partial charge in [-0.1, -0.05) is 0 Å². The fourth-order valence-electron chi connectivity index (χ4n) is 2.01. The minimum atomic E-state index is -3.48. The van der Waals surface area contributed by atoms with Crippen LogP contribution in [0.5, 0.6) is 0 Å². The van der Waals surface area contributed by atoms with Crippen LogP contribution in [0.3, 0.4) is 0 Å². The Kier molecular flexibility index (Phi) is 4.08.